The molecule has 1 amide bonds. The van der Waals surface area contributed by atoms with E-state index in [4.69, 9.17) is 0 Å². The van der Waals surface area contributed by atoms with Gasteiger partial charge in [0.1, 0.15) is 6.54 Å². The second kappa shape index (κ2) is 8.75. The number of benzene rings is 2. The van der Waals surface area contributed by atoms with Crippen molar-refractivity contribution in [1.82, 2.24) is 9.80 Å². The monoisotopic (exact) mass is 401 g/mol. The summed E-state index contributed by atoms with van der Waals surface area (Å²) in [7, 11) is -3.84. The number of anilines is 1. The van der Waals surface area contributed by atoms with Crippen LogP contribution in [0.2, 0.25) is 0 Å². The van der Waals surface area contributed by atoms with E-state index >= 15 is 0 Å². The highest BCUT2D eigenvalue weighted by Gasteiger charge is 2.29. The summed E-state index contributed by atoms with van der Waals surface area (Å²) in [5.74, 6) is -0.171. The van der Waals surface area contributed by atoms with Gasteiger partial charge in [-0.2, -0.15) is 0 Å². The lowest BCUT2D eigenvalue weighted by Gasteiger charge is -2.35. The Hall–Kier alpha value is -2.38. The van der Waals surface area contributed by atoms with Crippen molar-refractivity contribution in [2.45, 2.75) is 18.7 Å². The first-order chi connectivity index (χ1) is 13.4. The van der Waals surface area contributed by atoms with E-state index < -0.39 is 10.0 Å². The summed E-state index contributed by atoms with van der Waals surface area (Å²) in [6.07, 6.45) is 0. The van der Waals surface area contributed by atoms with Crippen LogP contribution in [0.1, 0.15) is 12.5 Å². The molecule has 3 rings (SSSR count). The highest BCUT2D eigenvalue weighted by molar-refractivity contribution is 7.92. The van der Waals surface area contributed by atoms with Crippen LogP contribution in [0.5, 0.6) is 0 Å². The molecule has 0 spiro atoms. The third-order valence-electron chi connectivity index (χ3n) is 5.10. The topological polar surface area (TPSA) is 60.9 Å². The molecule has 0 radical (unpaired) electrons. The average Bonchev–Trinajstić information content (AvgIpc) is 2.72. The number of hydrogen-bond donors (Lipinski definition) is 0. The van der Waals surface area contributed by atoms with Crippen molar-refractivity contribution < 1.29 is 13.2 Å². The molecule has 1 saturated heterocycles. The largest absolute Gasteiger partial charge is 0.339 e. The number of rotatable bonds is 6. The minimum absolute atomic E-state index is 0.171. The van der Waals surface area contributed by atoms with Gasteiger partial charge in [0.05, 0.1) is 10.6 Å². The summed E-state index contributed by atoms with van der Waals surface area (Å²) in [4.78, 5) is 17.1. The van der Waals surface area contributed by atoms with Crippen molar-refractivity contribution in [3.63, 3.8) is 0 Å². The lowest BCUT2D eigenvalue weighted by atomic mass is 10.2. The van der Waals surface area contributed by atoms with E-state index in [9.17, 15) is 13.2 Å². The zero-order valence-electron chi connectivity index (χ0n) is 16.4. The number of nitrogens with zero attached hydrogens (tertiary/aromatic N) is 3. The van der Waals surface area contributed by atoms with Crippen molar-refractivity contribution in [1.29, 1.82) is 0 Å². The fourth-order valence-corrected chi connectivity index (χ4v) is 4.70. The van der Waals surface area contributed by atoms with E-state index in [1.165, 1.54) is 4.31 Å². The first-order valence-corrected chi connectivity index (χ1v) is 11.0. The lowest BCUT2D eigenvalue weighted by molar-refractivity contribution is -0.131. The van der Waals surface area contributed by atoms with Crippen LogP contribution >= 0.6 is 0 Å². The molecular formula is C21H27N3O3S. The van der Waals surface area contributed by atoms with Gasteiger partial charge in [0, 0.05) is 26.2 Å². The molecule has 2 aromatic carbocycles. The molecule has 0 saturated carbocycles. The number of carbonyl (C=O) groups is 1. The van der Waals surface area contributed by atoms with Crippen LogP contribution in [-0.2, 0) is 14.8 Å². The molecule has 28 heavy (non-hydrogen) atoms. The number of sulfonamides is 1. The minimum Gasteiger partial charge on any atom is -0.339 e. The highest BCUT2D eigenvalue weighted by atomic mass is 32.2. The lowest BCUT2D eigenvalue weighted by Crippen LogP contribution is -2.51. The number of para-hydroxylation sites is 1. The summed E-state index contributed by atoms with van der Waals surface area (Å²) in [5.41, 5.74) is 1.47. The Bertz CT molecular complexity index is 890. The number of amides is 1. The number of hydrogen-bond acceptors (Lipinski definition) is 4. The Labute approximate surface area is 167 Å². The van der Waals surface area contributed by atoms with Gasteiger partial charge in [0.25, 0.3) is 10.0 Å². The maximum atomic E-state index is 13.3. The summed E-state index contributed by atoms with van der Waals surface area (Å²) >= 11 is 0. The van der Waals surface area contributed by atoms with Crippen LogP contribution in [0.3, 0.4) is 0 Å². The zero-order chi connectivity index (χ0) is 20.1. The fourth-order valence-electron chi connectivity index (χ4n) is 3.28. The van der Waals surface area contributed by atoms with Gasteiger partial charge in [-0.15, -0.1) is 0 Å². The van der Waals surface area contributed by atoms with Crippen molar-refractivity contribution >= 4 is 21.6 Å². The smallest absolute Gasteiger partial charge is 0.264 e. The maximum Gasteiger partial charge on any atom is 0.264 e. The van der Waals surface area contributed by atoms with Gasteiger partial charge in [-0.05, 0) is 37.7 Å². The van der Waals surface area contributed by atoms with Crippen LogP contribution in [0.15, 0.2) is 59.5 Å². The molecule has 0 aliphatic carbocycles. The van der Waals surface area contributed by atoms with Crippen molar-refractivity contribution in [2.24, 2.45) is 0 Å². The maximum absolute atomic E-state index is 13.3. The Kier molecular flexibility index (Phi) is 6.36. The Morgan fingerprint density at radius 1 is 0.964 bits per heavy atom. The average molecular weight is 402 g/mol. The third-order valence-corrected chi connectivity index (χ3v) is 6.89. The predicted molar refractivity (Wildman–Crippen MR) is 111 cm³/mol. The summed E-state index contributed by atoms with van der Waals surface area (Å²) < 4.78 is 27.8. The first kappa shape index (κ1) is 20.4. The van der Waals surface area contributed by atoms with Gasteiger partial charge in [0.15, 0.2) is 0 Å². The van der Waals surface area contributed by atoms with E-state index in [1.807, 2.05) is 13.0 Å². The molecule has 0 unspecified atom stereocenters. The Morgan fingerprint density at radius 2 is 1.57 bits per heavy atom. The summed E-state index contributed by atoms with van der Waals surface area (Å²) in [5, 5.41) is 0. The van der Waals surface area contributed by atoms with E-state index in [1.54, 1.807) is 53.4 Å². The number of carbonyl (C=O) groups excluding carboxylic acids is 1. The van der Waals surface area contributed by atoms with Crippen molar-refractivity contribution in [2.75, 3.05) is 43.6 Å². The molecule has 0 aromatic heterocycles. The Balaban J connectivity index is 1.86. The molecule has 0 bridgehead atoms. The number of aryl methyl sites for hydroxylation is 1. The zero-order valence-corrected chi connectivity index (χ0v) is 17.2. The molecule has 1 fully saturated rings. The summed E-state index contributed by atoms with van der Waals surface area (Å²) in [6, 6.07) is 15.5. The third kappa shape index (κ3) is 4.54. The van der Waals surface area contributed by atoms with Gasteiger partial charge in [0.2, 0.25) is 5.91 Å². The molecule has 0 N–H and O–H groups in total. The molecule has 0 atom stereocenters. The second-order valence-electron chi connectivity index (χ2n) is 6.98. The van der Waals surface area contributed by atoms with Gasteiger partial charge < -0.3 is 9.80 Å². The standard InChI is InChI=1S/C21H27N3O3S/c1-3-22-13-15-23(16-14-22)21(25)17-24(19-7-5-4-6-8-19)28(26,27)20-11-9-18(2)10-12-20/h4-12H,3,13-17H2,1-2H3. The fraction of sp³-hybridized carbons (Fsp3) is 0.381. The van der Waals surface area contributed by atoms with E-state index in [2.05, 4.69) is 11.8 Å². The van der Waals surface area contributed by atoms with Crippen LogP contribution < -0.4 is 4.31 Å². The molecular weight excluding hydrogens is 374 g/mol. The van der Waals surface area contributed by atoms with Crippen LogP contribution in [0.4, 0.5) is 5.69 Å². The van der Waals surface area contributed by atoms with Gasteiger partial charge in [-0.25, -0.2) is 8.42 Å². The second-order valence-corrected chi connectivity index (χ2v) is 8.84. The van der Waals surface area contributed by atoms with Crippen molar-refractivity contribution in [3.8, 4) is 0 Å². The van der Waals surface area contributed by atoms with Crippen molar-refractivity contribution in [3.05, 3.63) is 60.2 Å². The van der Waals surface area contributed by atoms with E-state index in [-0.39, 0.29) is 17.3 Å². The van der Waals surface area contributed by atoms with Gasteiger partial charge >= 0.3 is 0 Å². The normalized spacial score (nSPS) is 15.4. The highest BCUT2D eigenvalue weighted by Crippen LogP contribution is 2.24. The molecule has 6 nitrogen and oxygen atoms in total. The molecule has 1 heterocycles. The Morgan fingerprint density at radius 3 is 2.14 bits per heavy atom. The SMILES string of the molecule is CCN1CCN(C(=O)CN(c2ccccc2)S(=O)(=O)c2ccc(C)cc2)CC1. The molecule has 150 valence electrons. The van der Waals surface area contributed by atoms with Crippen LogP contribution in [-0.4, -0.2) is 63.4 Å². The predicted octanol–water partition coefficient (Wildman–Crippen LogP) is 2.35. The number of piperazine rings is 1. The molecule has 7 heteroatoms. The van der Waals surface area contributed by atoms with Crippen LogP contribution in [0, 0.1) is 6.92 Å². The van der Waals surface area contributed by atoms with Gasteiger partial charge in [-0.3, -0.25) is 9.10 Å². The molecule has 1 aliphatic heterocycles. The molecule has 1 aliphatic rings. The summed E-state index contributed by atoms with van der Waals surface area (Å²) in [6.45, 7) is 7.65. The minimum atomic E-state index is -3.84. The van der Waals surface area contributed by atoms with Crippen LogP contribution in [0.25, 0.3) is 0 Å². The van der Waals surface area contributed by atoms with E-state index in [0.29, 0.717) is 18.8 Å². The van der Waals surface area contributed by atoms with Gasteiger partial charge in [-0.1, -0.05) is 42.8 Å². The number of likely N-dealkylation sites (N-methyl/N-ethyl adjacent to an activating group) is 1. The molecule has 2 aromatic rings. The first-order valence-electron chi connectivity index (χ1n) is 9.56. The quantitative estimate of drug-likeness (QED) is 0.746. The van der Waals surface area contributed by atoms with E-state index in [0.717, 1.165) is 25.2 Å².